The van der Waals surface area contributed by atoms with Crippen molar-refractivity contribution in [2.75, 3.05) is 50.0 Å². The Hall–Kier alpha value is -3.17. The van der Waals surface area contributed by atoms with E-state index in [1.165, 1.54) is 24.1 Å². The van der Waals surface area contributed by atoms with E-state index in [9.17, 15) is 4.79 Å². The lowest BCUT2D eigenvalue weighted by molar-refractivity contribution is 0.187. The van der Waals surface area contributed by atoms with Gasteiger partial charge in [0.05, 0.1) is 15.6 Å². The standard InChI is InChI=1S/C34H39Cl2N7O/c1-21-15-25(8-9-29(21)42-13-10-37-11-14-42)39-34-38-19-24-16-26(33(44)43(32(24)40-34)20-22-6-7-22)31-27(35)17-23(18-28(31)36)30-5-3-4-12-41(30)2/h8-9,15-19,22,30,37H,3-7,10-14,20H2,1-2H3,(H,38,39,40). The number of fused-ring (bicyclic) bond motifs is 1. The van der Waals surface area contributed by atoms with Crippen LogP contribution in [-0.2, 0) is 6.54 Å². The minimum absolute atomic E-state index is 0.128. The van der Waals surface area contributed by atoms with E-state index in [4.69, 9.17) is 28.2 Å². The maximum Gasteiger partial charge on any atom is 0.260 e. The van der Waals surface area contributed by atoms with Crippen molar-refractivity contribution in [3.05, 3.63) is 74.1 Å². The quantitative estimate of drug-likeness (QED) is 0.232. The molecule has 230 valence electrons. The van der Waals surface area contributed by atoms with Crippen LogP contribution in [0, 0.1) is 12.8 Å². The minimum Gasteiger partial charge on any atom is -0.369 e. The van der Waals surface area contributed by atoms with E-state index in [1.807, 2.05) is 18.2 Å². The molecule has 7 rings (SSSR count). The predicted octanol–water partition coefficient (Wildman–Crippen LogP) is 6.79. The summed E-state index contributed by atoms with van der Waals surface area (Å²) in [6.07, 6.45) is 7.45. The Morgan fingerprint density at radius 1 is 1.00 bits per heavy atom. The highest BCUT2D eigenvalue weighted by atomic mass is 35.5. The summed E-state index contributed by atoms with van der Waals surface area (Å²) in [4.78, 5) is 28.4. The number of piperidine rings is 1. The van der Waals surface area contributed by atoms with Crippen LogP contribution in [0.3, 0.4) is 0 Å². The highest BCUT2D eigenvalue weighted by molar-refractivity contribution is 6.39. The summed E-state index contributed by atoms with van der Waals surface area (Å²) in [5.74, 6) is 0.924. The summed E-state index contributed by atoms with van der Waals surface area (Å²) in [7, 11) is 2.15. The summed E-state index contributed by atoms with van der Waals surface area (Å²) in [5.41, 5.74) is 6.01. The number of piperazine rings is 1. The van der Waals surface area contributed by atoms with Crippen molar-refractivity contribution in [3.63, 3.8) is 0 Å². The Morgan fingerprint density at radius 2 is 1.77 bits per heavy atom. The van der Waals surface area contributed by atoms with E-state index in [2.05, 4.69) is 57.6 Å². The van der Waals surface area contributed by atoms with Crippen LogP contribution in [0.15, 0.2) is 47.4 Å². The molecule has 1 atom stereocenters. The van der Waals surface area contributed by atoms with Crippen molar-refractivity contribution in [2.24, 2.45) is 5.92 Å². The van der Waals surface area contributed by atoms with Crippen molar-refractivity contribution in [1.29, 1.82) is 0 Å². The molecule has 10 heteroatoms. The Morgan fingerprint density at radius 3 is 2.48 bits per heavy atom. The molecule has 0 spiro atoms. The molecular weight excluding hydrogens is 593 g/mol. The molecule has 4 aromatic rings. The monoisotopic (exact) mass is 631 g/mol. The van der Waals surface area contributed by atoms with Gasteiger partial charge in [-0.2, -0.15) is 4.98 Å². The molecule has 1 aliphatic carbocycles. The fourth-order valence-corrected chi connectivity index (χ4v) is 7.50. The molecule has 3 fully saturated rings. The topological polar surface area (TPSA) is 78.3 Å². The zero-order valence-electron chi connectivity index (χ0n) is 25.4. The van der Waals surface area contributed by atoms with Crippen LogP contribution in [-0.4, -0.2) is 59.2 Å². The Kier molecular flexibility index (Phi) is 8.27. The van der Waals surface area contributed by atoms with E-state index in [1.54, 1.807) is 10.8 Å². The molecule has 44 heavy (non-hydrogen) atoms. The summed E-state index contributed by atoms with van der Waals surface area (Å²) in [6, 6.07) is 12.5. The molecule has 2 aliphatic heterocycles. The third-order valence-electron chi connectivity index (χ3n) is 9.36. The number of halogens is 2. The first-order chi connectivity index (χ1) is 21.4. The van der Waals surface area contributed by atoms with E-state index < -0.39 is 0 Å². The molecule has 0 radical (unpaired) electrons. The first-order valence-corrected chi connectivity index (χ1v) is 16.5. The number of nitrogens with one attached hydrogen (secondary N) is 2. The summed E-state index contributed by atoms with van der Waals surface area (Å²) in [6.45, 7) is 7.79. The fourth-order valence-electron chi connectivity index (χ4n) is 6.79. The molecule has 4 heterocycles. The van der Waals surface area contributed by atoms with E-state index in [-0.39, 0.29) is 11.6 Å². The maximum absolute atomic E-state index is 14.1. The number of nitrogens with zero attached hydrogens (tertiary/aromatic N) is 5. The van der Waals surface area contributed by atoms with Crippen molar-refractivity contribution in [1.82, 2.24) is 24.8 Å². The van der Waals surface area contributed by atoms with Crippen LogP contribution in [0.25, 0.3) is 22.2 Å². The highest BCUT2D eigenvalue weighted by Gasteiger charge is 2.27. The van der Waals surface area contributed by atoms with Gasteiger partial charge in [-0.25, -0.2) is 4.98 Å². The molecule has 2 aromatic carbocycles. The zero-order valence-corrected chi connectivity index (χ0v) is 26.9. The highest BCUT2D eigenvalue weighted by Crippen LogP contribution is 2.40. The number of likely N-dealkylation sites (tertiary alicyclic amines) is 1. The normalized spacial score (nSPS) is 19.5. The van der Waals surface area contributed by atoms with Gasteiger partial charge < -0.3 is 15.5 Å². The third-order valence-corrected chi connectivity index (χ3v) is 9.96. The second-order valence-corrected chi connectivity index (χ2v) is 13.4. The van der Waals surface area contributed by atoms with Gasteiger partial charge >= 0.3 is 0 Å². The Bertz CT molecular complexity index is 1740. The van der Waals surface area contributed by atoms with Crippen molar-refractivity contribution in [3.8, 4) is 11.1 Å². The summed E-state index contributed by atoms with van der Waals surface area (Å²) < 4.78 is 1.80. The lowest BCUT2D eigenvalue weighted by Crippen LogP contribution is -2.43. The van der Waals surface area contributed by atoms with Gasteiger partial charge in [0.1, 0.15) is 5.65 Å². The molecule has 0 amide bonds. The van der Waals surface area contributed by atoms with Crippen molar-refractivity contribution >= 4 is 51.6 Å². The van der Waals surface area contributed by atoms with Gasteiger partial charge in [-0.3, -0.25) is 14.3 Å². The summed E-state index contributed by atoms with van der Waals surface area (Å²) in [5, 5.41) is 8.56. The lowest BCUT2D eigenvalue weighted by atomic mass is 9.94. The fraction of sp³-hybridized carbons (Fsp3) is 0.441. The molecule has 2 N–H and O–H groups in total. The number of rotatable bonds is 7. The smallest absolute Gasteiger partial charge is 0.260 e. The zero-order chi connectivity index (χ0) is 30.4. The van der Waals surface area contributed by atoms with E-state index in [0.29, 0.717) is 45.2 Å². The van der Waals surface area contributed by atoms with Gasteiger partial charge in [-0.05, 0) is 99.6 Å². The third kappa shape index (κ3) is 5.93. The number of hydrogen-bond acceptors (Lipinski definition) is 7. The molecule has 1 saturated carbocycles. The molecule has 0 bridgehead atoms. The SMILES string of the molecule is Cc1cc(Nc2ncc3cc(-c4c(Cl)cc(C5CCCCN5C)cc4Cl)c(=O)n(CC4CC4)c3n2)ccc1N1CCNCC1. The van der Waals surface area contributed by atoms with Crippen LogP contribution in [0.2, 0.25) is 10.0 Å². The predicted molar refractivity (Wildman–Crippen MR) is 181 cm³/mol. The number of anilines is 3. The van der Waals surface area contributed by atoms with Crippen LogP contribution in [0.1, 0.15) is 49.3 Å². The molecule has 2 saturated heterocycles. The Labute approximate surface area is 268 Å². The number of hydrogen-bond donors (Lipinski definition) is 2. The largest absolute Gasteiger partial charge is 0.369 e. The van der Waals surface area contributed by atoms with E-state index in [0.717, 1.165) is 68.6 Å². The van der Waals surface area contributed by atoms with Crippen LogP contribution >= 0.6 is 23.2 Å². The molecule has 8 nitrogen and oxygen atoms in total. The Balaban J connectivity index is 1.23. The number of aryl methyl sites for hydroxylation is 1. The number of pyridine rings is 1. The first-order valence-electron chi connectivity index (χ1n) is 15.8. The van der Waals surface area contributed by atoms with Gasteiger partial charge in [-0.15, -0.1) is 0 Å². The van der Waals surface area contributed by atoms with Gasteiger partial charge in [0, 0.05) is 67.3 Å². The van der Waals surface area contributed by atoms with Gasteiger partial charge in [0.2, 0.25) is 5.95 Å². The molecule has 1 unspecified atom stereocenters. The second kappa shape index (κ2) is 12.3. The maximum atomic E-state index is 14.1. The van der Waals surface area contributed by atoms with Gasteiger partial charge in [-0.1, -0.05) is 29.6 Å². The molecular formula is C34H39Cl2N7O. The van der Waals surface area contributed by atoms with Crippen molar-refractivity contribution in [2.45, 2.75) is 51.6 Å². The summed E-state index contributed by atoms with van der Waals surface area (Å²) >= 11 is 13.8. The average molecular weight is 633 g/mol. The molecule has 2 aromatic heterocycles. The average Bonchev–Trinajstić information content (AvgIpc) is 3.84. The van der Waals surface area contributed by atoms with Crippen LogP contribution in [0.4, 0.5) is 17.3 Å². The van der Waals surface area contributed by atoms with Crippen LogP contribution in [0.5, 0.6) is 0 Å². The number of aromatic nitrogens is 3. The van der Waals surface area contributed by atoms with Crippen LogP contribution < -0.4 is 21.1 Å². The number of benzene rings is 2. The lowest BCUT2D eigenvalue weighted by Gasteiger charge is -2.33. The minimum atomic E-state index is -0.128. The first kappa shape index (κ1) is 29.5. The molecule has 3 aliphatic rings. The second-order valence-electron chi connectivity index (χ2n) is 12.6. The van der Waals surface area contributed by atoms with Gasteiger partial charge in [0.25, 0.3) is 5.56 Å². The van der Waals surface area contributed by atoms with E-state index >= 15 is 0 Å². The van der Waals surface area contributed by atoms with Gasteiger partial charge in [0.15, 0.2) is 0 Å². The van der Waals surface area contributed by atoms with Crippen molar-refractivity contribution < 1.29 is 0 Å².